The summed E-state index contributed by atoms with van der Waals surface area (Å²) in [5.41, 5.74) is 2.11. The zero-order chi connectivity index (χ0) is 23.7. The van der Waals surface area contributed by atoms with Gasteiger partial charge in [0.2, 0.25) is 10.6 Å². The van der Waals surface area contributed by atoms with Crippen molar-refractivity contribution in [3.8, 4) is 0 Å². The first-order valence-corrected chi connectivity index (χ1v) is 11.5. The zero-order valence-corrected chi connectivity index (χ0v) is 19.3. The summed E-state index contributed by atoms with van der Waals surface area (Å²) in [6.07, 6.45) is 6.82. The molecule has 2 aromatic heterocycles. The van der Waals surface area contributed by atoms with Crippen LogP contribution >= 0.6 is 23.2 Å². The number of hydrogen-bond donors (Lipinski definition) is 2. The van der Waals surface area contributed by atoms with Crippen LogP contribution < -0.4 is 10.6 Å². The molecule has 2 aromatic rings. The highest BCUT2D eigenvalue weighted by Crippen LogP contribution is 2.42. The van der Waals surface area contributed by atoms with Crippen LogP contribution in [0.1, 0.15) is 12.8 Å². The first kappa shape index (κ1) is 22.8. The Morgan fingerprint density at radius 1 is 0.735 bits per heavy atom. The maximum Gasteiger partial charge on any atom is 0.224 e. The Labute approximate surface area is 204 Å². The first-order valence-electron chi connectivity index (χ1n) is 10.7. The molecule has 0 amide bonds. The van der Waals surface area contributed by atoms with Crippen molar-refractivity contribution < 1.29 is 8.78 Å². The summed E-state index contributed by atoms with van der Waals surface area (Å²) >= 11 is 11.3. The number of amidine groups is 2. The highest BCUT2D eigenvalue weighted by molar-refractivity contribution is 6.28. The summed E-state index contributed by atoms with van der Waals surface area (Å²) in [4.78, 5) is 24.1. The fourth-order valence-electron chi connectivity index (χ4n) is 3.65. The molecule has 4 aliphatic rings. The van der Waals surface area contributed by atoms with Gasteiger partial charge in [-0.2, -0.15) is 0 Å². The lowest BCUT2D eigenvalue weighted by molar-refractivity contribution is 0.458. The second kappa shape index (κ2) is 9.71. The fourth-order valence-corrected chi connectivity index (χ4v) is 3.95. The molecule has 0 bridgehead atoms. The minimum absolute atomic E-state index is 0.0760. The second-order valence-electron chi connectivity index (χ2n) is 8.23. The molecular weight excluding hydrogens is 485 g/mol. The van der Waals surface area contributed by atoms with Crippen molar-refractivity contribution >= 4 is 46.5 Å². The van der Waals surface area contributed by atoms with Crippen molar-refractivity contribution in [2.24, 2.45) is 21.8 Å². The maximum atomic E-state index is 12.9. The van der Waals surface area contributed by atoms with Gasteiger partial charge < -0.3 is 10.6 Å². The largest absolute Gasteiger partial charge is 0.325 e. The van der Waals surface area contributed by atoms with Crippen molar-refractivity contribution in [1.29, 1.82) is 0 Å². The van der Waals surface area contributed by atoms with Gasteiger partial charge >= 0.3 is 0 Å². The van der Waals surface area contributed by atoms with Gasteiger partial charge in [-0.15, -0.1) is 0 Å². The number of hydrogen-bond acceptors (Lipinski definition) is 8. The van der Waals surface area contributed by atoms with E-state index in [1.54, 1.807) is 24.5 Å². The fraction of sp³-hybridized carbons (Fsp3) is 0.364. The summed E-state index contributed by atoms with van der Waals surface area (Å²) < 4.78 is 25.8. The predicted octanol–water partition coefficient (Wildman–Crippen LogP) is 4.48. The second-order valence-corrected chi connectivity index (χ2v) is 8.91. The van der Waals surface area contributed by atoms with Gasteiger partial charge in [-0.25, -0.2) is 28.7 Å². The molecule has 2 saturated carbocycles. The number of rotatable bonds is 4. The molecule has 0 aromatic carbocycles. The molecule has 2 fully saturated rings. The Kier molecular flexibility index (Phi) is 6.51. The molecule has 4 heterocycles. The Morgan fingerprint density at radius 3 is 1.50 bits per heavy atom. The minimum Gasteiger partial charge on any atom is -0.325 e. The molecule has 34 heavy (non-hydrogen) atoms. The Hall–Kier alpha value is -2.98. The van der Waals surface area contributed by atoms with Crippen LogP contribution in [0.2, 0.25) is 10.6 Å². The summed E-state index contributed by atoms with van der Waals surface area (Å²) in [5.74, 6) is 2.74. The van der Waals surface area contributed by atoms with Gasteiger partial charge in [0.05, 0.1) is 13.1 Å². The van der Waals surface area contributed by atoms with Crippen molar-refractivity contribution in [2.45, 2.75) is 25.2 Å². The quantitative estimate of drug-likeness (QED) is 0.595. The number of alkyl halides is 2. The molecule has 2 aliphatic heterocycles. The molecule has 2 aliphatic carbocycles. The SMILES string of the molecule is F[C@@H]1C[C@@H]1C1=CC(Nc2ccnc(Cl)n2)=NC1.F[C@H]1C[C@H]1C1=CC(Nc2ccnc(Cl)n2)=NC1. The highest BCUT2D eigenvalue weighted by Gasteiger charge is 2.41. The van der Waals surface area contributed by atoms with Crippen molar-refractivity contribution in [3.63, 3.8) is 0 Å². The van der Waals surface area contributed by atoms with Crippen LogP contribution in [0.15, 0.2) is 57.8 Å². The third-order valence-electron chi connectivity index (χ3n) is 5.65. The predicted molar refractivity (Wildman–Crippen MR) is 128 cm³/mol. The number of nitrogens with zero attached hydrogens (tertiary/aromatic N) is 6. The van der Waals surface area contributed by atoms with E-state index in [0.717, 1.165) is 11.1 Å². The summed E-state index contributed by atoms with van der Waals surface area (Å²) in [7, 11) is 0. The number of nitrogens with one attached hydrogen (secondary N) is 2. The van der Waals surface area contributed by atoms with Gasteiger partial charge in [-0.3, -0.25) is 9.98 Å². The van der Waals surface area contributed by atoms with Gasteiger partial charge in [0.15, 0.2) is 0 Å². The molecule has 0 spiro atoms. The number of aromatic nitrogens is 4. The van der Waals surface area contributed by atoms with E-state index in [0.29, 0.717) is 49.2 Å². The van der Waals surface area contributed by atoms with Gasteiger partial charge in [0, 0.05) is 24.2 Å². The van der Waals surface area contributed by atoms with E-state index in [4.69, 9.17) is 23.2 Å². The highest BCUT2D eigenvalue weighted by atomic mass is 35.5. The van der Waals surface area contributed by atoms with E-state index in [1.165, 1.54) is 0 Å². The van der Waals surface area contributed by atoms with Crippen LogP contribution in [0, 0.1) is 11.8 Å². The summed E-state index contributed by atoms with van der Waals surface area (Å²) in [6, 6.07) is 3.41. The van der Waals surface area contributed by atoms with E-state index >= 15 is 0 Å². The standard InChI is InChI=1S/2C11H10ClFN4/c2*12-11-14-2-1-9(17-11)16-10-3-6(5-15-10)7-4-8(7)13/h2*1-3,7-8H,4-5H2,(H,14,15,16,17)/t2*7-,8-/m10/s1. The molecule has 4 atom stereocenters. The molecule has 0 radical (unpaired) electrons. The average molecular weight is 505 g/mol. The van der Waals surface area contributed by atoms with Crippen molar-refractivity contribution in [3.05, 3.63) is 58.4 Å². The van der Waals surface area contributed by atoms with Crippen molar-refractivity contribution in [1.82, 2.24) is 19.9 Å². The molecule has 176 valence electrons. The lowest BCUT2D eigenvalue weighted by Gasteiger charge is -2.02. The summed E-state index contributed by atoms with van der Waals surface area (Å²) in [5, 5.41) is 6.42. The number of anilines is 2. The third kappa shape index (κ3) is 5.74. The minimum atomic E-state index is -0.677. The van der Waals surface area contributed by atoms with Crippen LogP contribution in [0.3, 0.4) is 0 Å². The van der Waals surface area contributed by atoms with Gasteiger partial charge in [0.25, 0.3) is 0 Å². The van der Waals surface area contributed by atoms with Crippen LogP contribution in [0.25, 0.3) is 0 Å². The monoisotopic (exact) mass is 504 g/mol. The van der Waals surface area contributed by atoms with Crippen LogP contribution in [-0.4, -0.2) is 57.0 Å². The molecule has 0 saturated heterocycles. The molecule has 2 N–H and O–H groups in total. The normalized spacial score (nSPS) is 26.5. The van der Waals surface area contributed by atoms with Crippen LogP contribution in [-0.2, 0) is 0 Å². The van der Waals surface area contributed by atoms with E-state index in [-0.39, 0.29) is 22.4 Å². The number of halogens is 4. The molecule has 0 unspecified atom stereocenters. The lowest BCUT2D eigenvalue weighted by atomic mass is 10.2. The molecule has 8 nitrogen and oxygen atoms in total. The number of aliphatic imine (C=N–C) groups is 2. The topological polar surface area (TPSA) is 100 Å². The van der Waals surface area contributed by atoms with Gasteiger partial charge in [0.1, 0.15) is 35.7 Å². The first-order chi connectivity index (χ1) is 16.4. The van der Waals surface area contributed by atoms with E-state index < -0.39 is 12.3 Å². The van der Waals surface area contributed by atoms with E-state index in [1.807, 2.05) is 12.2 Å². The maximum absolute atomic E-state index is 12.9. The molecule has 12 heteroatoms. The Balaban J connectivity index is 0.000000142. The zero-order valence-electron chi connectivity index (χ0n) is 17.8. The summed E-state index contributed by atoms with van der Waals surface area (Å²) in [6.45, 7) is 1.15. The van der Waals surface area contributed by atoms with E-state index in [9.17, 15) is 8.78 Å². The van der Waals surface area contributed by atoms with Crippen LogP contribution in [0.4, 0.5) is 20.4 Å². The molecule has 6 rings (SSSR count). The van der Waals surface area contributed by atoms with Crippen LogP contribution in [0.5, 0.6) is 0 Å². The van der Waals surface area contributed by atoms with Gasteiger partial charge in [-0.05, 0) is 71.5 Å². The Morgan fingerprint density at radius 2 is 1.15 bits per heavy atom. The smallest absolute Gasteiger partial charge is 0.224 e. The lowest BCUT2D eigenvalue weighted by Crippen LogP contribution is -2.08. The van der Waals surface area contributed by atoms with E-state index in [2.05, 4.69) is 40.6 Å². The molecular formula is C22H20Cl2F2N8. The average Bonchev–Trinajstić information content (AvgIpc) is 3.57. The van der Waals surface area contributed by atoms with Gasteiger partial charge in [-0.1, -0.05) is 0 Å². The third-order valence-corrected chi connectivity index (χ3v) is 6.01. The Bertz CT molecular complexity index is 1120. The van der Waals surface area contributed by atoms with Crippen molar-refractivity contribution in [2.75, 3.05) is 23.7 Å².